The number of allylic oxidation sites excluding steroid dienone is 1. The molecule has 40 heavy (non-hydrogen) atoms. The Labute approximate surface area is 248 Å². The summed E-state index contributed by atoms with van der Waals surface area (Å²) < 4.78 is 5.34. The van der Waals surface area contributed by atoms with E-state index in [0.29, 0.717) is 32.2 Å². The lowest BCUT2D eigenvalue weighted by atomic mass is 9.85. The molecule has 0 radical (unpaired) electrons. The third-order valence-corrected chi connectivity index (χ3v) is 5.76. The van der Waals surface area contributed by atoms with Crippen LogP contribution >= 0.6 is 23.2 Å². The van der Waals surface area contributed by atoms with Gasteiger partial charge in [0.05, 0.1) is 11.4 Å². The highest BCUT2D eigenvalue weighted by Gasteiger charge is 2.43. The van der Waals surface area contributed by atoms with Crippen LogP contribution in [0.3, 0.4) is 0 Å². The second-order valence-electron chi connectivity index (χ2n) is 11.4. The number of amides is 4. The van der Waals surface area contributed by atoms with Crippen molar-refractivity contribution in [2.75, 3.05) is 18.4 Å². The molecule has 4 amide bonds. The number of carbonyl (C=O) groups is 5. The van der Waals surface area contributed by atoms with Gasteiger partial charge in [0.2, 0.25) is 17.6 Å². The maximum Gasteiger partial charge on any atom is 0.408 e. The van der Waals surface area contributed by atoms with Crippen molar-refractivity contribution in [3.8, 4) is 0 Å². The van der Waals surface area contributed by atoms with Gasteiger partial charge in [-0.25, -0.2) is 4.79 Å². The smallest absolute Gasteiger partial charge is 0.408 e. The first-order valence-electron chi connectivity index (χ1n) is 13.3. The van der Waals surface area contributed by atoms with Crippen molar-refractivity contribution in [2.45, 2.75) is 97.4 Å². The number of likely N-dealkylation sites (tertiary alicyclic amines) is 1. The fourth-order valence-electron chi connectivity index (χ4n) is 3.90. The molecule has 1 fully saturated rings. The van der Waals surface area contributed by atoms with Gasteiger partial charge in [0.25, 0.3) is 5.91 Å². The first-order valence-corrected chi connectivity index (χ1v) is 14.4. The molecule has 1 rings (SSSR count). The molecule has 1 unspecified atom stereocenters. The van der Waals surface area contributed by atoms with Crippen LogP contribution in [0.5, 0.6) is 0 Å². The summed E-state index contributed by atoms with van der Waals surface area (Å²) in [5.74, 6) is -2.47. The first kappa shape index (κ1) is 37.4. The Morgan fingerprint density at radius 3 is 2.08 bits per heavy atom. The molecule has 0 bridgehead atoms. The van der Waals surface area contributed by atoms with E-state index in [1.165, 1.54) is 4.90 Å². The zero-order chi connectivity index (χ0) is 31.1. The molecule has 3 N–H and O–H groups in total. The van der Waals surface area contributed by atoms with Gasteiger partial charge in [0.15, 0.2) is 0 Å². The molecule has 1 heterocycles. The van der Waals surface area contributed by atoms with E-state index >= 15 is 0 Å². The highest BCUT2D eigenvalue weighted by atomic mass is 35.5. The lowest BCUT2D eigenvalue weighted by molar-refractivity contribution is -0.144. The first-order chi connectivity index (χ1) is 18.5. The molecule has 10 nitrogen and oxygen atoms in total. The molecular formula is C28H46Cl2N4O6. The fraction of sp³-hybridized carbons (Fsp3) is 0.679. The van der Waals surface area contributed by atoms with E-state index in [1.807, 2.05) is 20.8 Å². The minimum atomic E-state index is -1.05. The number of ketones is 1. The molecule has 0 aromatic carbocycles. The summed E-state index contributed by atoms with van der Waals surface area (Å²) in [4.78, 5) is 65.8. The van der Waals surface area contributed by atoms with Crippen molar-refractivity contribution in [2.24, 2.45) is 5.41 Å². The Morgan fingerprint density at radius 2 is 1.57 bits per heavy atom. The van der Waals surface area contributed by atoms with E-state index in [1.54, 1.807) is 32.9 Å². The van der Waals surface area contributed by atoms with E-state index in [2.05, 4.69) is 29.1 Å². The van der Waals surface area contributed by atoms with Gasteiger partial charge in [-0.2, -0.15) is 0 Å². The average molecular weight is 606 g/mol. The molecule has 0 aliphatic carbocycles. The highest BCUT2D eigenvalue weighted by molar-refractivity contribution is 6.40. The predicted molar refractivity (Wildman–Crippen MR) is 158 cm³/mol. The maximum atomic E-state index is 13.6. The number of alkyl halides is 2. The molecule has 0 saturated carbocycles. The number of hydrogen-bond donors (Lipinski definition) is 3. The van der Waals surface area contributed by atoms with E-state index < -0.39 is 58.7 Å². The number of carbonyl (C=O) groups excluding carboxylic acids is 5. The van der Waals surface area contributed by atoms with Crippen LogP contribution in [0, 0.1) is 5.41 Å². The summed E-state index contributed by atoms with van der Waals surface area (Å²) in [6, 6.07) is -2.82. The third-order valence-electron chi connectivity index (χ3n) is 5.76. The summed E-state index contributed by atoms with van der Waals surface area (Å²) in [7, 11) is 0. The molecule has 0 aromatic heterocycles. The van der Waals surface area contributed by atoms with E-state index in [0.717, 1.165) is 0 Å². The van der Waals surface area contributed by atoms with E-state index in [9.17, 15) is 24.0 Å². The second-order valence-corrected chi connectivity index (χ2v) is 12.2. The molecular weight excluding hydrogens is 559 g/mol. The van der Waals surface area contributed by atoms with Gasteiger partial charge in [0, 0.05) is 13.1 Å². The number of ether oxygens (including phenoxy) is 1. The minimum absolute atomic E-state index is 0.194. The number of nitrogens with one attached hydrogen (secondary N) is 3. The van der Waals surface area contributed by atoms with Gasteiger partial charge in [-0.15, -0.1) is 36.4 Å². The Bertz CT molecular complexity index is 898. The van der Waals surface area contributed by atoms with Crippen LogP contribution in [-0.2, 0) is 23.9 Å². The summed E-state index contributed by atoms with van der Waals surface area (Å²) in [6.45, 7) is 18.4. The molecule has 0 aromatic rings. The maximum absolute atomic E-state index is 13.6. The summed E-state index contributed by atoms with van der Waals surface area (Å²) in [6.07, 6.45) is 4.60. The fourth-order valence-corrected chi connectivity index (χ4v) is 3.90. The minimum Gasteiger partial charge on any atom is -0.444 e. The van der Waals surface area contributed by atoms with Crippen LogP contribution < -0.4 is 16.0 Å². The number of alkyl carbamates (subject to hydrolysis) is 1. The van der Waals surface area contributed by atoms with Crippen molar-refractivity contribution < 1.29 is 28.7 Å². The lowest BCUT2D eigenvalue weighted by Crippen LogP contribution is -2.59. The zero-order valence-electron chi connectivity index (χ0n) is 24.6. The second kappa shape index (κ2) is 18.0. The number of rotatable bonds is 12. The van der Waals surface area contributed by atoms with Crippen LogP contribution in [-0.4, -0.2) is 76.7 Å². The average Bonchev–Trinajstić information content (AvgIpc) is 3.33. The highest BCUT2D eigenvalue weighted by Crippen LogP contribution is 2.26. The number of Topliss-reactive ketones (excluding diaryl/α,β-unsaturated/α-hetero) is 1. The van der Waals surface area contributed by atoms with Gasteiger partial charge in [-0.1, -0.05) is 32.9 Å². The number of nitrogens with zero attached hydrogens (tertiary/aromatic N) is 1. The van der Waals surface area contributed by atoms with E-state index in [4.69, 9.17) is 27.9 Å². The van der Waals surface area contributed by atoms with Gasteiger partial charge in [-0.05, 0) is 58.3 Å². The number of halogens is 2. The standard InChI is InChI=1S/C27H44N4O6.CH2Cl2/c1-9-11-14-18(20(32)23(34)28-16-12-10-2)29-22(33)19-15-13-17-31(19)24(35)21(26(3,4)5)30-25(36)37-27(6,7)8;2-1-3/h9-10,18-19,21H,1-2,11-17H2,3-8H3,(H,28,34)(H,29,33)(H,30,36);1H2/t18?,19-,21+;/m0./s1. The number of hydrogen-bond acceptors (Lipinski definition) is 6. The van der Waals surface area contributed by atoms with Crippen molar-refractivity contribution in [1.29, 1.82) is 0 Å². The van der Waals surface area contributed by atoms with Crippen molar-refractivity contribution in [3.05, 3.63) is 25.3 Å². The normalized spacial score (nSPS) is 16.4. The largest absolute Gasteiger partial charge is 0.444 e. The molecule has 1 aliphatic heterocycles. The van der Waals surface area contributed by atoms with Crippen LogP contribution in [0.15, 0.2) is 25.3 Å². The lowest BCUT2D eigenvalue weighted by Gasteiger charge is -2.36. The van der Waals surface area contributed by atoms with Crippen molar-refractivity contribution in [1.82, 2.24) is 20.9 Å². The Balaban J connectivity index is 0.00000483. The molecule has 0 spiro atoms. The summed E-state index contributed by atoms with van der Waals surface area (Å²) >= 11 is 9.53. The molecule has 12 heteroatoms. The monoisotopic (exact) mass is 604 g/mol. The SMILES string of the molecule is C=CCCNC(=O)C(=O)C(CCC=C)NC(=O)[C@@H]1CCCN1C(=O)[C@@H](NC(=O)OC(C)(C)C)C(C)(C)C.ClCCl. The third kappa shape index (κ3) is 13.7. The van der Waals surface area contributed by atoms with Crippen LogP contribution in [0.2, 0.25) is 0 Å². The van der Waals surface area contributed by atoms with Gasteiger partial charge < -0.3 is 25.6 Å². The van der Waals surface area contributed by atoms with Crippen LogP contribution in [0.25, 0.3) is 0 Å². The van der Waals surface area contributed by atoms with Crippen molar-refractivity contribution in [3.63, 3.8) is 0 Å². The molecule has 228 valence electrons. The Hall–Kier alpha value is -2.59. The van der Waals surface area contributed by atoms with Crippen molar-refractivity contribution >= 4 is 52.8 Å². The molecule has 1 aliphatic rings. The summed E-state index contributed by atoms with van der Waals surface area (Å²) in [5, 5.41) is 8.06. The van der Waals surface area contributed by atoms with E-state index in [-0.39, 0.29) is 18.3 Å². The Morgan fingerprint density at radius 1 is 1.00 bits per heavy atom. The predicted octanol–water partition coefficient (Wildman–Crippen LogP) is 4.05. The topological polar surface area (TPSA) is 134 Å². The van der Waals surface area contributed by atoms with Gasteiger partial charge >= 0.3 is 6.09 Å². The summed E-state index contributed by atoms with van der Waals surface area (Å²) in [5.41, 5.74) is -1.40. The molecule has 3 atom stereocenters. The molecule has 1 saturated heterocycles. The Kier molecular flexibility index (Phi) is 16.8. The van der Waals surface area contributed by atoms with Crippen LogP contribution in [0.4, 0.5) is 4.79 Å². The van der Waals surface area contributed by atoms with Gasteiger partial charge in [-0.3, -0.25) is 19.2 Å². The van der Waals surface area contributed by atoms with Gasteiger partial charge in [0.1, 0.15) is 17.7 Å². The zero-order valence-corrected chi connectivity index (χ0v) is 26.1. The quantitative estimate of drug-likeness (QED) is 0.133. The van der Waals surface area contributed by atoms with Crippen LogP contribution in [0.1, 0.15) is 73.6 Å².